The van der Waals surface area contributed by atoms with Crippen molar-refractivity contribution in [2.24, 2.45) is 0 Å². The number of quaternary nitrogens is 1. The van der Waals surface area contributed by atoms with Gasteiger partial charge in [-0.05, 0) is 51.4 Å². The highest BCUT2D eigenvalue weighted by atomic mass is 16.6. The lowest BCUT2D eigenvalue weighted by molar-refractivity contribution is -0.887. The zero-order valence-corrected chi connectivity index (χ0v) is 32.3. The predicted octanol–water partition coefficient (Wildman–Crippen LogP) is 9.85. The molecule has 0 radical (unpaired) electrons. The van der Waals surface area contributed by atoms with Crippen molar-refractivity contribution in [3.63, 3.8) is 0 Å². The van der Waals surface area contributed by atoms with Crippen LogP contribution in [0.5, 0.6) is 0 Å². The topological polar surface area (TPSA) is 99.1 Å². The second-order valence-corrected chi connectivity index (χ2v) is 13.8. The van der Waals surface area contributed by atoms with Gasteiger partial charge in [-0.2, -0.15) is 0 Å². The van der Waals surface area contributed by atoms with Crippen LogP contribution in [-0.2, 0) is 28.6 Å². The zero-order chi connectivity index (χ0) is 37.1. The summed E-state index contributed by atoms with van der Waals surface area (Å²) in [6.07, 6.45) is 38.5. The van der Waals surface area contributed by atoms with Crippen LogP contribution in [0, 0.1) is 0 Å². The number of carboxylic acid groups (broad SMARTS) is 1. The van der Waals surface area contributed by atoms with Crippen LogP contribution in [0.4, 0.5) is 0 Å². The van der Waals surface area contributed by atoms with Gasteiger partial charge in [0, 0.05) is 19.3 Å². The average molecular weight is 703 g/mol. The van der Waals surface area contributed by atoms with Crippen LogP contribution in [0.25, 0.3) is 0 Å². The van der Waals surface area contributed by atoms with Gasteiger partial charge in [-0.25, -0.2) is 4.79 Å². The Labute approximate surface area is 305 Å². The summed E-state index contributed by atoms with van der Waals surface area (Å²) in [6, 6.07) is -0.624. The Morgan fingerprint density at radius 2 is 1.12 bits per heavy atom. The van der Waals surface area contributed by atoms with Gasteiger partial charge in [0.05, 0.1) is 34.4 Å². The van der Waals surface area contributed by atoms with Gasteiger partial charge >= 0.3 is 17.9 Å². The lowest BCUT2D eigenvalue weighted by Crippen LogP contribution is -2.50. The van der Waals surface area contributed by atoms with E-state index in [1.54, 1.807) is 0 Å². The standard InChI is InChI=1S/C42H71NO7/c1-6-8-10-12-14-16-17-18-19-20-21-22-23-25-27-29-31-33-41(45)50-38(36-48-35-34-39(42(46)47)43(3,4)5)37-49-40(44)32-30-28-26-24-15-13-11-9-7-2/h8,10,14,16,18-19,21-22,25,27,38-39H,6-7,9,11-13,15,17,20,23-24,26,28-37H2,1-5H3/p+1/b10-8-,16-14-,19-18-,22-21-,27-25-. The Hall–Kier alpha value is -2.97. The molecule has 286 valence electrons. The van der Waals surface area contributed by atoms with Crippen LogP contribution < -0.4 is 0 Å². The van der Waals surface area contributed by atoms with E-state index in [0.29, 0.717) is 19.3 Å². The minimum atomic E-state index is -0.887. The van der Waals surface area contributed by atoms with Crippen molar-refractivity contribution in [2.75, 3.05) is 41.0 Å². The monoisotopic (exact) mass is 703 g/mol. The first kappa shape index (κ1) is 47.0. The lowest BCUT2D eigenvalue weighted by Gasteiger charge is -2.31. The predicted molar refractivity (Wildman–Crippen MR) is 206 cm³/mol. The van der Waals surface area contributed by atoms with Crippen LogP contribution in [0.15, 0.2) is 60.8 Å². The van der Waals surface area contributed by atoms with Gasteiger partial charge in [0.15, 0.2) is 12.1 Å². The quantitative estimate of drug-likeness (QED) is 0.0315. The molecule has 0 heterocycles. The largest absolute Gasteiger partial charge is 0.477 e. The van der Waals surface area contributed by atoms with Crippen molar-refractivity contribution in [3.05, 3.63) is 60.8 Å². The van der Waals surface area contributed by atoms with Crippen LogP contribution in [-0.4, -0.2) is 80.6 Å². The maximum Gasteiger partial charge on any atom is 0.362 e. The summed E-state index contributed by atoms with van der Waals surface area (Å²) in [7, 11) is 5.49. The Morgan fingerprint density at radius 3 is 1.64 bits per heavy atom. The number of hydrogen-bond donors (Lipinski definition) is 1. The SMILES string of the molecule is CC/C=C\C/C=C\C/C=C\C/C=C\C/C=C\CCCC(=O)OC(COCCC(C(=O)O)[N+](C)(C)C)COC(=O)CCCCCCCCCCC. The number of rotatable bonds is 33. The van der Waals surface area contributed by atoms with Crippen molar-refractivity contribution in [1.29, 1.82) is 0 Å². The Kier molecular flexibility index (Phi) is 31.2. The van der Waals surface area contributed by atoms with Crippen LogP contribution in [0.1, 0.15) is 136 Å². The van der Waals surface area contributed by atoms with Gasteiger partial charge in [-0.3, -0.25) is 9.59 Å². The number of carbonyl (C=O) groups is 3. The van der Waals surface area contributed by atoms with Crippen molar-refractivity contribution in [2.45, 2.75) is 148 Å². The number of esters is 2. The smallest absolute Gasteiger partial charge is 0.362 e. The second kappa shape index (κ2) is 33.2. The number of unbranched alkanes of at least 4 members (excludes halogenated alkanes) is 9. The van der Waals surface area contributed by atoms with E-state index in [1.165, 1.54) is 38.5 Å². The molecule has 2 unspecified atom stereocenters. The number of aliphatic carboxylic acids is 1. The molecule has 0 amide bonds. The number of ether oxygens (including phenoxy) is 3. The first-order valence-corrected chi connectivity index (χ1v) is 19.3. The molecule has 0 aromatic heterocycles. The third kappa shape index (κ3) is 31.0. The zero-order valence-electron chi connectivity index (χ0n) is 32.3. The first-order valence-electron chi connectivity index (χ1n) is 19.3. The van der Waals surface area contributed by atoms with Crippen molar-refractivity contribution < 1.29 is 38.2 Å². The van der Waals surface area contributed by atoms with E-state index in [-0.39, 0.29) is 42.7 Å². The summed E-state index contributed by atoms with van der Waals surface area (Å²) in [4.78, 5) is 36.7. The van der Waals surface area contributed by atoms with Gasteiger partial charge in [-0.15, -0.1) is 0 Å². The van der Waals surface area contributed by atoms with E-state index < -0.39 is 18.1 Å². The van der Waals surface area contributed by atoms with Crippen LogP contribution >= 0.6 is 0 Å². The lowest BCUT2D eigenvalue weighted by atomic mass is 10.1. The molecule has 0 saturated carbocycles. The molecule has 0 aromatic carbocycles. The van der Waals surface area contributed by atoms with E-state index in [2.05, 4.69) is 74.6 Å². The first-order chi connectivity index (χ1) is 24.1. The number of nitrogens with zero attached hydrogens (tertiary/aromatic N) is 1. The minimum absolute atomic E-state index is 0.0370. The van der Waals surface area contributed by atoms with E-state index in [9.17, 15) is 19.5 Å². The summed E-state index contributed by atoms with van der Waals surface area (Å²) in [6.45, 7) is 4.51. The Morgan fingerprint density at radius 1 is 0.620 bits per heavy atom. The molecule has 0 bridgehead atoms. The van der Waals surface area contributed by atoms with Crippen molar-refractivity contribution in [3.8, 4) is 0 Å². The van der Waals surface area contributed by atoms with Gasteiger partial charge < -0.3 is 23.8 Å². The fraction of sp³-hybridized carbons (Fsp3) is 0.690. The molecule has 8 heteroatoms. The summed E-state index contributed by atoms with van der Waals surface area (Å²) < 4.78 is 17.1. The maximum absolute atomic E-state index is 12.6. The fourth-order valence-electron chi connectivity index (χ4n) is 5.18. The third-order valence-electron chi connectivity index (χ3n) is 8.18. The van der Waals surface area contributed by atoms with Crippen LogP contribution in [0.2, 0.25) is 0 Å². The molecule has 0 fully saturated rings. The molecular formula is C42H72NO7+. The number of carboxylic acids is 1. The van der Waals surface area contributed by atoms with E-state index in [0.717, 1.165) is 57.8 Å². The van der Waals surface area contributed by atoms with Gasteiger partial charge in [-0.1, -0.05) is 126 Å². The molecule has 0 aliphatic heterocycles. The molecule has 50 heavy (non-hydrogen) atoms. The number of likely N-dealkylation sites (N-methyl/N-ethyl adjacent to an activating group) is 1. The molecule has 2 atom stereocenters. The summed E-state index contributed by atoms with van der Waals surface area (Å²) in [5.41, 5.74) is 0. The van der Waals surface area contributed by atoms with E-state index in [1.807, 2.05) is 21.1 Å². The number of hydrogen-bond acceptors (Lipinski definition) is 6. The Balaban J connectivity index is 4.52. The summed E-state index contributed by atoms with van der Waals surface area (Å²) >= 11 is 0. The number of carbonyl (C=O) groups excluding carboxylic acids is 2. The molecule has 8 nitrogen and oxygen atoms in total. The van der Waals surface area contributed by atoms with Gasteiger partial charge in [0.1, 0.15) is 6.61 Å². The molecule has 0 saturated heterocycles. The highest BCUT2D eigenvalue weighted by Crippen LogP contribution is 2.12. The molecule has 0 aliphatic carbocycles. The maximum atomic E-state index is 12.6. The van der Waals surface area contributed by atoms with Gasteiger partial charge in [0.2, 0.25) is 0 Å². The number of allylic oxidation sites excluding steroid dienone is 10. The minimum Gasteiger partial charge on any atom is -0.477 e. The van der Waals surface area contributed by atoms with Crippen LogP contribution in [0.3, 0.4) is 0 Å². The highest BCUT2D eigenvalue weighted by molar-refractivity contribution is 5.72. The molecule has 0 aromatic rings. The summed E-state index contributed by atoms with van der Waals surface area (Å²) in [5.74, 6) is -1.55. The molecule has 1 N–H and O–H groups in total. The second-order valence-electron chi connectivity index (χ2n) is 13.8. The average Bonchev–Trinajstić information content (AvgIpc) is 3.06. The van der Waals surface area contributed by atoms with E-state index >= 15 is 0 Å². The fourth-order valence-corrected chi connectivity index (χ4v) is 5.18. The summed E-state index contributed by atoms with van der Waals surface area (Å²) in [5, 5.41) is 9.57. The van der Waals surface area contributed by atoms with Gasteiger partial charge in [0.25, 0.3) is 0 Å². The molecular weight excluding hydrogens is 630 g/mol. The van der Waals surface area contributed by atoms with Crippen molar-refractivity contribution in [1.82, 2.24) is 0 Å². The normalized spacial score (nSPS) is 13.7. The molecule has 0 aliphatic rings. The van der Waals surface area contributed by atoms with Crippen molar-refractivity contribution >= 4 is 17.9 Å². The third-order valence-corrected chi connectivity index (χ3v) is 8.18. The van der Waals surface area contributed by atoms with E-state index in [4.69, 9.17) is 14.2 Å². The molecule has 0 spiro atoms. The highest BCUT2D eigenvalue weighted by Gasteiger charge is 2.31. The molecule has 0 rings (SSSR count). The Bertz CT molecular complexity index is 1010.